The maximum absolute atomic E-state index is 3.53. The second kappa shape index (κ2) is 5.86. The van der Waals surface area contributed by atoms with E-state index in [1.165, 1.54) is 24.0 Å². The highest BCUT2D eigenvalue weighted by Gasteiger charge is 2.19. The molecule has 1 heteroatoms. The minimum absolute atomic E-state index is 0.836. The molecule has 0 aromatic heterocycles. The van der Waals surface area contributed by atoms with Crippen molar-refractivity contribution in [1.29, 1.82) is 0 Å². The Morgan fingerprint density at radius 2 is 2.06 bits per heavy atom. The van der Waals surface area contributed by atoms with Crippen molar-refractivity contribution in [2.24, 2.45) is 0 Å². The standard InChI is InChI=1S/C15H21N/c1-13(6-5-11-16-15-9-10-15)12-14-7-3-2-4-8-14/h2-4,6-8,15-16H,5,9-12H2,1H3/b13-6-. The monoisotopic (exact) mass is 215 g/mol. The summed E-state index contributed by atoms with van der Waals surface area (Å²) in [6.07, 6.45) is 7.38. The molecule has 16 heavy (non-hydrogen) atoms. The Hall–Kier alpha value is -1.08. The van der Waals surface area contributed by atoms with Gasteiger partial charge in [0.25, 0.3) is 0 Å². The summed E-state index contributed by atoms with van der Waals surface area (Å²) in [4.78, 5) is 0. The van der Waals surface area contributed by atoms with Crippen LogP contribution in [0, 0.1) is 0 Å². The van der Waals surface area contributed by atoms with Gasteiger partial charge in [0, 0.05) is 6.04 Å². The number of nitrogens with one attached hydrogen (secondary N) is 1. The molecular weight excluding hydrogens is 194 g/mol. The third-order valence-electron chi connectivity index (χ3n) is 2.97. The van der Waals surface area contributed by atoms with Crippen LogP contribution >= 0.6 is 0 Å². The van der Waals surface area contributed by atoms with Crippen LogP contribution in [-0.4, -0.2) is 12.6 Å². The van der Waals surface area contributed by atoms with Crippen molar-refractivity contribution in [3.05, 3.63) is 47.5 Å². The lowest BCUT2D eigenvalue weighted by molar-refractivity contribution is 0.688. The first-order valence-corrected chi connectivity index (χ1v) is 6.27. The van der Waals surface area contributed by atoms with Crippen LogP contribution in [-0.2, 0) is 6.42 Å². The van der Waals surface area contributed by atoms with E-state index in [1.807, 2.05) is 0 Å². The summed E-state index contributed by atoms with van der Waals surface area (Å²) in [6.45, 7) is 3.36. The molecule has 1 aliphatic rings. The number of hydrogen-bond donors (Lipinski definition) is 1. The first-order chi connectivity index (χ1) is 7.84. The molecule has 1 aromatic rings. The minimum Gasteiger partial charge on any atom is -0.314 e. The van der Waals surface area contributed by atoms with Gasteiger partial charge in [-0.15, -0.1) is 0 Å². The molecule has 1 saturated carbocycles. The predicted octanol–water partition coefficient (Wildman–Crippen LogP) is 3.32. The first kappa shape index (κ1) is 11.4. The molecule has 86 valence electrons. The Morgan fingerprint density at radius 1 is 1.31 bits per heavy atom. The second-order valence-electron chi connectivity index (χ2n) is 4.73. The third kappa shape index (κ3) is 4.19. The van der Waals surface area contributed by atoms with E-state index >= 15 is 0 Å². The SMILES string of the molecule is C/C(=C/CCNC1CC1)Cc1ccccc1. The summed E-state index contributed by atoms with van der Waals surface area (Å²) in [7, 11) is 0. The van der Waals surface area contributed by atoms with Crippen LogP contribution in [0.25, 0.3) is 0 Å². The van der Waals surface area contributed by atoms with E-state index in [4.69, 9.17) is 0 Å². The van der Waals surface area contributed by atoms with Crippen LogP contribution in [0.2, 0.25) is 0 Å². The van der Waals surface area contributed by atoms with Crippen LogP contribution < -0.4 is 5.32 Å². The fraction of sp³-hybridized carbons (Fsp3) is 0.467. The summed E-state index contributed by atoms with van der Waals surface area (Å²) in [6, 6.07) is 11.5. The summed E-state index contributed by atoms with van der Waals surface area (Å²) in [5.41, 5.74) is 2.88. The molecular formula is C15H21N. The first-order valence-electron chi connectivity index (χ1n) is 6.27. The highest BCUT2D eigenvalue weighted by atomic mass is 14.9. The normalized spacial score (nSPS) is 16.4. The van der Waals surface area contributed by atoms with Crippen LogP contribution in [0.4, 0.5) is 0 Å². The summed E-state index contributed by atoms with van der Waals surface area (Å²) < 4.78 is 0. The van der Waals surface area contributed by atoms with Crippen molar-refractivity contribution in [2.45, 2.75) is 38.6 Å². The zero-order valence-corrected chi connectivity index (χ0v) is 10.1. The topological polar surface area (TPSA) is 12.0 Å². The van der Waals surface area contributed by atoms with E-state index in [0.717, 1.165) is 25.4 Å². The van der Waals surface area contributed by atoms with E-state index < -0.39 is 0 Å². The van der Waals surface area contributed by atoms with Gasteiger partial charge < -0.3 is 5.32 Å². The van der Waals surface area contributed by atoms with Gasteiger partial charge in [0.05, 0.1) is 0 Å². The Labute approximate surface area is 98.6 Å². The molecule has 0 saturated heterocycles. The lowest BCUT2D eigenvalue weighted by Gasteiger charge is -2.03. The van der Waals surface area contributed by atoms with Crippen molar-refractivity contribution in [1.82, 2.24) is 5.32 Å². The van der Waals surface area contributed by atoms with E-state index in [-0.39, 0.29) is 0 Å². The molecule has 0 unspecified atom stereocenters. The Morgan fingerprint density at radius 3 is 2.75 bits per heavy atom. The fourth-order valence-corrected chi connectivity index (χ4v) is 1.88. The minimum atomic E-state index is 0.836. The van der Waals surface area contributed by atoms with Gasteiger partial charge in [0.2, 0.25) is 0 Å². The maximum Gasteiger partial charge on any atom is 0.00683 e. The zero-order valence-electron chi connectivity index (χ0n) is 10.1. The molecule has 0 amide bonds. The molecule has 1 nitrogen and oxygen atoms in total. The highest BCUT2D eigenvalue weighted by molar-refractivity contribution is 5.20. The third-order valence-corrected chi connectivity index (χ3v) is 2.97. The average molecular weight is 215 g/mol. The Kier molecular flexibility index (Phi) is 4.17. The summed E-state index contributed by atoms with van der Waals surface area (Å²) >= 11 is 0. The van der Waals surface area contributed by atoms with Gasteiger partial charge in [-0.05, 0) is 44.7 Å². The molecule has 0 radical (unpaired) electrons. The molecule has 0 aliphatic heterocycles. The number of allylic oxidation sites excluding steroid dienone is 1. The largest absolute Gasteiger partial charge is 0.314 e. The smallest absolute Gasteiger partial charge is 0.00683 e. The molecule has 0 atom stereocenters. The molecule has 1 aromatic carbocycles. The van der Waals surface area contributed by atoms with E-state index in [9.17, 15) is 0 Å². The highest BCUT2D eigenvalue weighted by Crippen LogP contribution is 2.18. The van der Waals surface area contributed by atoms with Crippen LogP contribution in [0.5, 0.6) is 0 Å². The van der Waals surface area contributed by atoms with E-state index in [2.05, 4.69) is 48.6 Å². The molecule has 2 rings (SSSR count). The van der Waals surface area contributed by atoms with Gasteiger partial charge in [0.1, 0.15) is 0 Å². The van der Waals surface area contributed by atoms with Crippen molar-refractivity contribution < 1.29 is 0 Å². The van der Waals surface area contributed by atoms with Gasteiger partial charge >= 0.3 is 0 Å². The zero-order chi connectivity index (χ0) is 11.2. The molecule has 0 bridgehead atoms. The van der Waals surface area contributed by atoms with Gasteiger partial charge in [-0.1, -0.05) is 42.0 Å². The summed E-state index contributed by atoms with van der Waals surface area (Å²) in [5, 5.41) is 3.53. The lowest BCUT2D eigenvalue weighted by atomic mass is 10.1. The number of benzene rings is 1. The second-order valence-corrected chi connectivity index (χ2v) is 4.73. The molecule has 1 N–H and O–H groups in total. The maximum atomic E-state index is 3.53. The molecule has 0 spiro atoms. The van der Waals surface area contributed by atoms with Crippen LogP contribution in [0.15, 0.2) is 42.0 Å². The molecule has 0 heterocycles. The fourth-order valence-electron chi connectivity index (χ4n) is 1.88. The van der Waals surface area contributed by atoms with Crippen molar-refractivity contribution in [3.8, 4) is 0 Å². The van der Waals surface area contributed by atoms with Crippen LogP contribution in [0.3, 0.4) is 0 Å². The molecule has 1 fully saturated rings. The van der Waals surface area contributed by atoms with Gasteiger partial charge in [-0.25, -0.2) is 0 Å². The van der Waals surface area contributed by atoms with Crippen LogP contribution in [0.1, 0.15) is 31.7 Å². The Bertz CT molecular complexity index is 336. The number of rotatable bonds is 6. The summed E-state index contributed by atoms with van der Waals surface area (Å²) in [5.74, 6) is 0. The lowest BCUT2D eigenvalue weighted by Crippen LogP contribution is -2.16. The van der Waals surface area contributed by atoms with Crippen molar-refractivity contribution >= 4 is 0 Å². The average Bonchev–Trinajstić information content (AvgIpc) is 3.10. The van der Waals surface area contributed by atoms with Gasteiger partial charge in [-0.2, -0.15) is 0 Å². The number of hydrogen-bond acceptors (Lipinski definition) is 1. The van der Waals surface area contributed by atoms with E-state index in [0.29, 0.717) is 0 Å². The predicted molar refractivity (Wildman–Crippen MR) is 69.5 cm³/mol. The Balaban J connectivity index is 1.69. The quantitative estimate of drug-likeness (QED) is 0.567. The molecule has 1 aliphatic carbocycles. The van der Waals surface area contributed by atoms with E-state index in [1.54, 1.807) is 0 Å². The van der Waals surface area contributed by atoms with Crippen molar-refractivity contribution in [2.75, 3.05) is 6.54 Å². The van der Waals surface area contributed by atoms with Gasteiger partial charge in [0.15, 0.2) is 0 Å². The van der Waals surface area contributed by atoms with Crippen molar-refractivity contribution in [3.63, 3.8) is 0 Å². The van der Waals surface area contributed by atoms with Gasteiger partial charge in [-0.3, -0.25) is 0 Å².